The van der Waals surface area contributed by atoms with Gasteiger partial charge < -0.3 is 4.52 Å². The van der Waals surface area contributed by atoms with Gasteiger partial charge in [-0.25, -0.2) is 9.37 Å². The molecule has 0 unspecified atom stereocenters. The fourth-order valence-corrected chi connectivity index (χ4v) is 5.06. The van der Waals surface area contributed by atoms with Gasteiger partial charge in [-0.3, -0.25) is 9.36 Å². The molecule has 0 amide bonds. The van der Waals surface area contributed by atoms with Crippen molar-refractivity contribution < 1.29 is 8.91 Å². The van der Waals surface area contributed by atoms with Crippen molar-refractivity contribution in [1.82, 2.24) is 19.7 Å². The maximum Gasteiger partial charge on any atom is 0.261 e. The third-order valence-electron chi connectivity index (χ3n) is 5.58. The van der Waals surface area contributed by atoms with Crippen LogP contribution in [0.15, 0.2) is 25.9 Å². The summed E-state index contributed by atoms with van der Waals surface area (Å²) in [7, 11) is 1.70. The molecule has 128 valence electrons. The van der Waals surface area contributed by atoms with Gasteiger partial charge in [-0.2, -0.15) is 4.98 Å². The standard InChI is InChI=1S/C17H14BrFN4O2/c1-8-20-15(25-22-8)17-5-16(6-17,7-17)14-21-12-10(13(24)23(14)2)3-9(19)4-11(12)18/h3-4H,5-7H2,1-2H3. The largest absolute Gasteiger partial charge is 0.339 e. The quantitative estimate of drug-likeness (QED) is 0.656. The van der Waals surface area contributed by atoms with Crippen molar-refractivity contribution in [2.24, 2.45) is 7.05 Å². The molecule has 6 rings (SSSR count). The Morgan fingerprint density at radius 1 is 1.24 bits per heavy atom. The lowest BCUT2D eigenvalue weighted by atomic mass is 9.34. The first kappa shape index (κ1) is 15.2. The van der Waals surface area contributed by atoms with Crippen molar-refractivity contribution in [2.75, 3.05) is 0 Å². The summed E-state index contributed by atoms with van der Waals surface area (Å²) in [5, 5.41) is 4.16. The fourth-order valence-electron chi connectivity index (χ4n) is 4.54. The number of nitrogens with zero attached hydrogens (tertiary/aromatic N) is 4. The molecule has 8 heteroatoms. The summed E-state index contributed by atoms with van der Waals surface area (Å²) in [5.41, 5.74) is 0.0613. The summed E-state index contributed by atoms with van der Waals surface area (Å²) in [6, 6.07) is 2.58. The molecule has 6 nitrogen and oxygen atoms in total. The van der Waals surface area contributed by atoms with Gasteiger partial charge in [-0.1, -0.05) is 5.16 Å². The Hall–Kier alpha value is -2.09. The molecule has 3 saturated carbocycles. The Morgan fingerprint density at radius 3 is 2.60 bits per heavy atom. The molecule has 0 aliphatic heterocycles. The minimum Gasteiger partial charge on any atom is -0.339 e. The summed E-state index contributed by atoms with van der Waals surface area (Å²) in [5.74, 6) is 1.61. The Balaban J connectivity index is 1.60. The van der Waals surface area contributed by atoms with E-state index in [2.05, 4.69) is 26.1 Å². The fraction of sp³-hybridized carbons (Fsp3) is 0.412. The predicted molar refractivity (Wildman–Crippen MR) is 90.9 cm³/mol. The van der Waals surface area contributed by atoms with Crippen LogP contribution in [0.4, 0.5) is 4.39 Å². The van der Waals surface area contributed by atoms with Gasteiger partial charge in [0.05, 0.1) is 16.3 Å². The van der Waals surface area contributed by atoms with Crippen molar-refractivity contribution in [1.29, 1.82) is 0 Å². The highest BCUT2D eigenvalue weighted by molar-refractivity contribution is 9.10. The van der Waals surface area contributed by atoms with Crippen molar-refractivity contribution in [2.45, 2.75) is 37.0 Å². The Labute approximate surface area is 150 Å². The molecule has 0 atom stereocenters. The van der Waals surface area contributed by atoms with Crippen LogP contribution in [0.25, 0.3) is 10.9 Å². The second-order valence-electron chi connectivity index (χ2n) is 7.32. The topological polar surface area (TPSA) is 73.8 Å². The molecular formula is C17H14BrFN4O2. The second-order valence-corrected chi connectivity index (χ2v) is 8.18. The molecule has 2 bridgehead atoms. The molecular weight excluding hydrogens is 391 g/mol. The zero-order valence-corrected chi connectivity index (χ0v) is 15.2. The van der Waals surface area contributed by atoms with Crippen LogP contribution in [-0.4, -0.2) is 19.7 Å². The number of hydrogen-bond acceptors (Lipinski definition) is 5. The number of fused-ring (bicyclic) bond motifs is 1. The van der Waals surface area contributed by atoms with Gasteiger partial charge in [0.1, 0.15) is 11.6 Å². The summed E-state index contributed by atoms with van der Waals surface area (Å²) in [6.07, 6.45) is 2.52. The van der Waals surface area contributed by atoms with E-state index in [1.54, 1.807) is 18.5 Å². The lowest BCUT2D eigenvalue weighted by Crippen LogP contribution is -2.68. The van der Waals surface area contributed by atoms with Gasteiger partial charge in [0.15, 0.2) is 5.82 Å². The monoisotopic (exact) mass is 404 g/mol. The summed E-state index contributed by atoms with van der Waals surface area (Å²) >= 11 is 3.33. The average molecular weight is 405 g/mol. The molecule has 3 aliphatic carbocycles. The van der Waals surface area contributed by atoms with Crippen molar-refractivity contribution in [3.63, 3.8) is 0 Å². The van der Waals surface area contributed by atoms with Crippen molar-refractivity contribution >= 4 is 26.8 Å². The zero-order chi connectivity index (χ0) is 17.6. The van der Waals surface area contributed by atoms with E-state index in [1.807, 2.05) is 0 Å². The first-order valence-corrected chi connectivity index (χ1v) is 8.80. The first-order chi connectivity index (χ1) is 11.8. The number of halogens is 2. The van der Waals surface area contributed by atoms with E-state index in [1.165, 1.54) is 12.1 Å². The number of aryl methyl sites for hydroxylation is 1. The molecule has 3 aliphatic rings. The highest BCUT2D eigenvalue weighted by Gasteiger charge is 2.73. The van der Waals surface area contributed by atoms with E-state index in [-0.39, 0.29) is 21.8 Å². The van der Waals surface area contributed by atoms with E-state index in [0.717, 1.165) is 25.1 Å². The van der Waals surface area contributed by atoms with Crippen molar-refractivity contribution in [3.05, 3.63) is 50.3 Å². The average Bonchev–Trinajstić information content (AvgIpc) is 2.89. The van der Waals surface area contributed by atoms with Crippen LogP contribution in [0.2, 0.25) is 0 Å². The predicted octanol–water partition coefficient (Wildman–Crippen LogP) is 2.90. The van der Waals surface area contributed by atoms with E-state index in [0.29, 0.717) is 21.7 Å². The third kappa shape index (κ3) is 1.83. The lowest BCUT2D eigenvalue weighted by Gasteiger charge is -2.68. The summed E-state index contributed by atoms with van der Waals surface area (Å²) in [6.45, 7) is 1.81. The molecule has 3 aromatic rings. The lowest BCUT2D eigenvalue weighted by molar-refractivity contribution is -0.0966. The number of rotatable bonds is 2. The van der Waals surface area contributed by atoms with E-state index >= 15 is 0 Å². The minimum absolute atomic E-state index is 0.0754. The zero-order valence-electron chi connectivity index (χ0n) is 13.6. The summed E-state index contributed by atoms with van der Waals surface area (Å²) in [4.78, 5) is 21.8. The molecule has 2 aromatic heterocycles. The highest BCUT2D eigenvalue weighted by Crippen LogP contribution is 2.73. The molecule has 1 aromatic carbocycles. The molecule has 3 fully saturated rings. The number of benzene rings is 1. The van der Waals surface area contributed by atoms with Crippen LogP contribution in [0.3, 0.4) is 0 Å². The molecule has 0 spiro atoms. The van der Waals surface area contributed by atoms with Crippen LogP contribution in [0, 0.1) is 12.7 Å². The van der Waals surface area contributed by atoms with Gasteiger partial charge in [-0.15, -0.1) is 0 Å². The molecule has 25 heavy (non-hydrogen) atoms. The Kier molecular flexibility index (Phi) is 2.76. The number of aromatic nitrogens is 4. The smallest absolute Gasteiger partial charge is 0.261 e. The van der Waals surface area contributed by atoms with E-state index < -0.39 is 5.82 Å². The molecule has 0 saturated heterocycles. The molecule has 0 radical (unpaired) electrons. The van der Waals surface area contributed by atoms with E-state index in [4.69, 9.17) is 9.51 Å². The summed E-state index contributed by atoms with van der Waals surface area (Å²) < 4.78 is 21.0. The maximum absolute atomic E-state index is 13.6. The van der Waals surface area contributed by atoms with Gasteiger partial charge in [-0.05, 0) is 54.2 Å². The van der Waals surface area contributed by atoms with Crippen LogP contribution in [0.5, 0.6) is 0 Å². The van der Waals surface area contributed by atoms with Gasteiger partial charge in [0, 0.05) is 16.9 Å². The Bertz CT molecular complexity index is 1100. The van der Waals surface area contributed by atoms with Gasteiger partial charge >= 0.3 is 0 Å². The number of hydrogen-bond donors (Lipinski definition) is 0. The second kappa shape index (κ2) is 4.55. The first-order valence-electron chi connectivity index (χ1n) is 8.01. The minimum atomic E-state index is -0.456. The van der Waals surface area contributed by atoms with Gasteiger partial charge in [0.2, 0.25) is 5.89 Å². The van der Waals surface area contributed by atoms with Crippen LogP contribution in [0.1, 0.15) is 36.8 Å². The molecule has 2 heterocycles. The van der Waals surface area contributed by atoms with Crippen molar-refractivity contribution in [3.8, 4) is 0 Å². The van der Waals surface area contributed by atoms with Crippen LogP contribution in [-0.2, 0) is 17.9 Å². The highest BCUT2D eigenvalue weighted by atomic mass is 79.9. The van der Waals surface area contributed by atoms with Crippen LogP contribution < -0.4 is 5.56 Å². The molecule has 0 N–H and O–H groups in total. The van der Waals surface area contributed by atoms with Gasteiger partial charge in [0.25, 0.3) is 5.56 Å². The maximum atomic E-state index is 13.6. The third-order valence-corrected chi connectivity index (χ3v) is 6.19. The SMILES string of the molecule is Cc1noc(C23CC(c4nc5c(Br)cc(F)cc5c(=O)n4C)(C2)C3)n1. The van der Waals surface area contributed by atoms with E-state index in [9.17, 15) is 9.18 Å². The van der Waals surface area contributed by atoms with Crippen LogP contribution >= 0.6 is 15.9 Å². The Morgan fingerprint density at radius 2 is 1.96 bits per heavy atom. The normalized spacial score (nSPS) is 27.2.